The molecule has 0 saturated heterocycles. The number of hydrogen-bond donors (Lipinski definition) is 0. The highest BCUT2D eigenvalue weighted by Crippen LogP contribution is 2.22. The molecule has 17 heavy (non-hydrogen) atoms. The Morgan fingerprint density at radius 2 is 2.12 bits per heavy atom. The average molecular weight is 276 g/mol. The van der Waals surface area contributed by atoms with E-state index in [1.165, 1.54) is 25.7 Å². The number of thiazole rings is 1. The van der Waals surface area contributed by atoms with Crippen LogP contribution >= 0.6 is 22.9 Å². The van der Waals surface area contributed by atoms with Crippen LogP contribution in [-0.4, -0.2) is 11.6 Å². The summed E-state index contributed by atoms with van der Waals surface area (Å²) in [7, 11) is 0. The van der Waals surface area contributed by atoms with Gasteiger partial charge in [-0.3, -0.25) is 0 Å². The summed E-state index contributed by atoms with van der Waals surface area (Å²) in [6, 6.07) is 0. The third kappa shape index (κ3) is 5.84. The quantitative estimate of drug-likeness (QED) is 0.471. The lowest BCUT2D eigenvalue weighted by Crippen LogP contribution is -2.01. The van der Waals surface area contributed by atoms with Crippen LogP contribution in [0.25, 0.3) is 0 Å². The summed E-state index contributed by atoms with van der Waals surface area (Å²) in [5.74, 6) is 0.486. The van der Waals surface area contributed by atoms with Gasteiger partial charge in [-0.15, -0.1) is 22.9 Å². The minimum absolute atomic E-state index is 0.100. The van der Waals surface area contributed by atoms with Crippen molar-refractivity contribution in [3.8, 4) is 0 Å². The van der Waals surface area contributed by atoms with E-state index in [1.54, 1.807) is 11.3 Å². The highest BCUT2D eigenvalue weighted by Gasteiger charge is 2.10. The number of rotatable bonds is 9. The maximum Gasteiger partial charge on any atom is 0.122 e. The van der Waals surface area contributed by atoms with Crippen molar-refractivity contribution in [2.24, 2.45) is 0 Å². The van der Waals surface area contributed by atoms with Crippen molar-refractivity contribution in [2.75, 3.05) is 6.61 Å². The smallest absolute Gasteiger partial charge is 0.122 e. The summed E-state index contributed by atoms with van der Waals surface area (Å²) in [6.45, 7) is 5.12. The van der Waals surface area contributed by atoms with E-state index >= 15 is 0 Å². The summed E-state index contributed by atoms with van der Waals surface area (Å²) in [4.78, 5) is 4.42. The summed E-state index contributed by atoms with van der Waals surface area (Å²) < 4.78 is 5.77. The van der Waals surface area contributed by atoms with E-state index in [4.69, 9.17) is 16.3 Å². The van der Waals surface area contributed by atoms with Crippen molar-refractivity contribution >= 4 is 22.9 Å². The van der Waals surface area contributed by atoms with Crippen molar-refractivity contribution in [3.05, 3.63) is 16.1 Å². The minimum atomic E-state index is 0.100. The van der Waals surface area contributed by atoms with E-state index in [0.29, 0.717) is 5.88 Å². The molecule has 1 unspecified atom stereocenters. The molecule has 0 fully saturated rings. The highest BCUT2D eigenvalue weighted by molar-refractivity contribution is 7.09. The molecule has 0 aromatic carbocycles. The molecule has 0 N–H and O–H groups in total. The molecule has 1 rings (SSSR count). The third-order valence-corrected chi connectivity index (χ3v) is 4.00. The second kappa shape index (κ2) is 8.90. The first-order chi connectivity index (χ1) is 8.27. The number of ether oxygens (including phenoxy) is 1. The summed E-state index contributed by atoms with van der Waals surface area (Å²) >= 11 is 7.36. The topological polar surface area (TPSA) is 22.1 Å². The summed E-state index contributed by atoms with van der Waals surface area (Å²) in [5, 5.41) is 3.04. The maximum absolute atomic E-state index is 5.77. The molecule has 0 aliphatic heterocycles. The van der Waals surface area contributed by atoms with E-state index in [1.807, 2.05) is 5.38 Å². The normalized spacial score (nSPS) is 12.9. The molecule has 0 radical (unpaired) electrons. The molecule has 0 amide bonds. The van der Waals surface area contributed by atoms with Crippen LogP contribution in [-0.2, 0) is 10.6 Å². The van der Waals surface area contributed by atoms with Gasteiger partial charge in [0.05, 0.1) is 11.6 Å². The van der Waals surface area contributed by atoms with Crippen molar-refractivity contribution < 1.29 is 4.74 Å². The molecule has 1 aromatic rings. The monoisotopic (exact) mass is 275 g/mol. The number of nitrogens with zero attached hydrogens (tertiary/aromatic N) is 1. The van der Waals surface area contributed by atoms with Gasteiger partial charge in [0.15, 0.2) is 0 Å². The average Bonchev–Trinajstić information content (AvgIpc) is 2.82. The van der Waals surface area contributed by atoms with Gasteiger partial charge in [-0.25, -0.2) is 4.98 Å². The molecule has 0 aliphatic rings. The molecular weight excluding hydrogens is 254 g/mol. The number of halogens is 1. The Labute approximate surface area is 113 Å². The maximum atomic E-state index is 5.77. The van der Waals surface area contributed by atoms with Gasteiger partial charge in [0.1, 0.15) is 11.1 Å². The van der Waals surface area contributed by atoms with Gasteiger partial charge in [-0.2, -0.15) is 0 Å². The third-order valence-electron chi connectivity index (χ3n) is 2.67. The summed E-state index contributed by atoms with van der Waals surface area (Å²) in [5.41, 5.74) is 0.949. The van der Waals surface area contributed by atoms with Crippen molar-refractivity contribution in [3.63, 3.8) is 0 Å². The number of hydrogen-bond acceptors (Lipinski definition) is 3. The van der Waals surface area contributed by atoms with Crippen molar-refractivity contribution in [2.45, 2.75) is 57.9 Å². The fourth-order valence-electron chi connectivity index (χ4n) is 1.61. The summed E-state index contributed by atoms with van der Waals surface area (Å²) in [6.07, 6.45) is 6.47. The fourth-order valence-corrected chi connectivity index (χ4v) is 2.66. The first-order valence-corrected chi connectivity index (χ1v) is 7.81. The van der Waals surface area contributed by atoms with E-state index in [0.717, 1.165) is 23.7 Å². The number of alkyl halides is 1. The van der Waals surface area contributed by atoms with E-state index < -0.39 is 0 Å². The van der Waals surface area contributed by atoms with Crippen LogP contribution < -0.4 is 0 Å². The molecular formula is C13H22ClNOS. The van der Waals surface area contributed by atoms with Gasteiger partial charge in [0.2, 0.25) is 0 Å². The molecule has 1 aromatic heterocycles. The standard InChI is InChI=1S/C13H22ClNOS/c1-3-4-5-6-7-8-16-11(2)13-15-12(9-14)10-17-13/h10-11H,3-9H2,1-2H3. The Kier molecular flexibility index (Phi) is 7.82. The second-order valence-electron chi connectivity index (χ2n) is 4.24. The molecule has 0 spiro atoms. The van der Waals surface area contributed by atoms with Gasteiger partial charge < -0.3 is 4.74 Å². The highest BCUT2D eigenvalue weighted by atomic mass is 35.5. The van der Waals surface area contributed by atoms with Crippen LogP contribution in [0.4, 0.5) is 0 Å². The molecule has 1 heterocycles. The number of unbranched alkanes of at least 4 members (excludes halogenated alkanes) is 4. The largest absolute Gasteiger partial charge is 0.371 e. The van der Waals surface area contributed by atoms with Crippen molar-refractivity contribution in [1.29, 1.82) is 0 Å². The Balaban J connectivity index is 2.14. The van der Waals surface area contributed by atoms with E-state index in [2.05, 4.69) is 18.8 Å². The first kappa shape index (κ1) is 14.9. The van der Waals surface area contributed by atoms with Crippen LogP contribution in [0.1, 0.15) is 62.8 Å². The zero-order valence-corrected chi connectivity index (χ0v) is 12.3. The lowest BCUT2D eigenvalue weighted by molar-refractivity contribution is 0.0625. The van der Waals surface area contributed by atoms with E-state index in [9.17, 15) is 0 Å². The van der Waals surface area contributed by atoms with Crippen LogP contribution in [0.3, 0.4) is 0 Å². The van der Waals surface area contributed by atoms with E-state index in [-0.39, 0.29) is 6.10 Å². The molecule has 98 valence electrons. The minimum Gasteiger partial charge on any atom is -0.371 e. The molecule has 0 saturated carbocycles. The molecule has 0 aliphatic carbocycles. The van der Waals surface area contributed by atoms with Crippen LogP contribution in [0.5, 0.6) is 0 Å². The molecule has 4 heteroatoms. The fraction of sp³-hybridized carbons (Fsp3) is 0.769. The predicted molar refractivity (Wildman–Crippen MR) is 74.8 cm³/mol. The van der Waals surface area contributed by atoms with Crippen LogP contribution in [0.15, 0.2) is 5.38 Å². The molecule has 0 bridgehead atoms. The van der Waals surface area contributed by atoms with Gasteiger partial charge in [0, 0.05) is 12.0 Å². The Morgan fingerprint density at radius 1 is 1.35 bits per heavy atom. The number of aromatic nitrogens is 1. The van der Waals surface area contributed by atoms with Gasteiger partial charge in [-0.1, -0.05) is 32.6 Å². The Morgan fingerprint density at radius 3 is 2.76 bits per heavy atom. The molecule has 1 atom stereocenters. The lowest BCUT2D eigenvalue weighted by Gasteiger charge is -2.09. The zero-order chi connectivity index (χ0) is 12.5. The van der Waals surface area contributed by atoms with Gasteiger partial charge in [-0.05, 0) is 13.3 Å². The predicted octanol–water partition coefficient (Wildman–Crippen LogP) is 4.93. The van der Waals surface area contributed by atoms with Crippen LogP contribution in [0, 0.1) is 0 Å². The second-order valence-corrected chi connectivity index (χ2v) is 5.39. The zero-order valence-electron chi connectivity index (χ0n) is 10.7. The lowest BCUT2D eigenvalue weighted by atomic mass is 10.2. The van der Waals surface area contributed by atoms with Gasteiger partial charge >= 0.3 is 0 Å². The SMILES string of the molecule is CCCCCCCOC(C)c1nc(CCl)cs1. The first-order valence-electron chi connectivity index (χ1n) is 6.39. The molecule has 2 nitrogen and oxygen atoms in total. The van der Waals surface area contributed by atoms with Crippen molar-refractivity contribution in [1.82, 2.24) is 4.98 Å². The van der Waals surface area contributed by atoms with Crippen LogP contribution in [0.2, 0.25) is 0 Å². The Bertz CT molecular complexity index is 303. The Hall–Kier alpha value is -0.120. The van der Waals surface area contributed by atoms with Gasteiger partial charge in [0.25, 0.3) is 0 Å².